The van der Waals surface area contributed by atoms with E-state index >= 15 is 0 Å². The van der Waals surface area contributed by atoms with Crippen molar-refractivity contribution in [2.45, 2.75) is 25.2 Å². The molecule has 1 aliphatic carbocycles. The van der Waals surface area contributed by atoms with Crippen LogP contribution < -0.4 is 10.5 Å². The highest BCUT2D eigenvalue weighted by Crippen LogP contribution is 2.44. The Morgan fingerprint density at radius 2 is 2.38 bits per heavy atom. The fourth-order valence-electron chi connectivity index (χ4n) is 1.34. The van der Waals surface area contributed by atoms with Gasteiger partial charge in [-0.05, 0) is 12.8 Å². The van der Waals surface area contributed by atoms with Gasteiger partial charge in [-0.2, -0.15) is 4.98 Å². The Morgan fingerprint density at radius 1 is 1.62 bits per heavy atom. The van der Waals surface area contributed by atoms with Crippen molar-refractivity contribution in [3.8, 4) is 5.88 Å². The van der Waals surface area contributed by atoms with E-state index in [-0.39, 0.29) is 0 Å². The van der Waals surface area contributed by atoms with Crippen LogP contribution in [0.2, 0.25) is 0 Å². The van der Waals surface area contributed by atoms with Gasteiger partial charge in [0, 0.05) is 18.9 Å². The molecule has 1 aliphatic rings. The van der Waals surface area contributed by atoms with Crippen molar-refractivity contribution >= 4 is 0 Å². The molecule has 1 aromatic heterocycles. The van der Waals surface area contributed by atoms with Gasteiger partial charge in [-0.15, -0.1) is 0 Å². The third-order valence-corrected chi connectivity index (χ3v) is 2.16. The molecule has 0 aromatic carbocycles. The first-order valence-corrected chi connectivity index (χ1v) is 4.58. The van der Waals surface area contributed by atoms with Gasteiger partial charge in [0.25, 0.3) is 5.88 Å². The molecular formula is C9H14N2O2. The lowest BCUT2D eigenvalue weighted by atomic mass is 10.3. The highest BCUT2D eigenvalue weighted by molar-refractivity contribution is 5.24. The first-order valence-electron chi connectivity index (χ1n) is 4.58. The van der Waals surface area contributed by atoms with Crippen molar-refractivity contribution in [3.05, 3.63) is 11.7 Å². The number of hydrogen-bond donors (Lipinski definition) is 1. The van der Waals surface area contributed by atoms with Gasteiger partial charge >= 0.3 is 0 Å². The van der Waals surface area contributed by atoms with Gasteiger partial charge < -0.3 is 14.9 Å². The fraction of sp³-hybridized carbons (Fsp3) is 0.667. The predicted molar refractivity (Wildman–Crippen MR) is 47.8 cm³/mol. The highest BCUT2D eigenvalue weighted by Gasteiger charge is 2.31. The van der Waals surface area contributed by atoms with Crippen LogP contribution in [-0.2, 0) is 6.42 Å². The number of rotatable bonds is 4. The largest absolute Gasteiger partial charge is 0.479 e. The van der Waals surface area contributed by atoms with Gasteiger partial charge in [0.1, 0.15) is 0 Å². The zero-order valence-electron chi connectivity index (χ0n) is 7.75. The third-order valence-electron chi connectivity index (χ3n) is 2.16. The molecule has 1 heterocycles. The molecule has 0 unspecified atom stereocenters. The molecule has 2 rings (SSSR count). The number of hydrogen-bond acceptors (Lipinski definition) is 4. The van der Waals surface area contributed by atoms with Crippen LogP contribution in [0.3, 0.4) is 0 Å². The number of nitrogens with zero attached hydrogens (tertiary/aromatic N) is 1. The average Bonchev–Trinajstić information content (AvgIpc) is 2.89. The molecule has 1 saturated carbocycles. The number of oxazole rings is 1. The molecule has 0 aliphatic heterocycles. The molecule has 1 aromatic rings. The summed E-state index contributed by atoms with van der Waals surface area (Å²) in [5, 5.41) is 0. The van der Waals surface area contributed by atoms with E-state index in [9.17, 15) is 0 Å². The van der Waals surface area contributed by atoms with Crippen LogP contribution in [-0.4, -0.2) is 18.6 Å². The van der Waals surface area contributed by atoms with Crippen LogP contribution in [0.4, 0.5) is 0 Å². The molecule has 0 bridgehead atoms. The van der Waals surface area contributed by atoms with Crippen molar-refractivity contribution in [1.82, 2.24) is 4.98 Å². The maximum Gasteiger partial charge on any atom is 0.256 e. The molecule has 13 heavy (non-hydrogen) atoms. The summed E-state index contributed by atoms with van der Waals surface area (Å²) in [7, 11) is 1.62. The van der Waals surface area contributed by atoms with E-state index in [1.54, 1.807) is 7.11 Å². The fourth-order valence-corrected chi connectivity index (χ4v) is 1.34. The lowest BCUT2D eigenvalue weighted by Crippen LogP contribution is -2.02. The van der Waals surface area contributed by atoms with Crippen molar-refractivity contribution in [1.29, 1.82) is 0 Å². The summed E-state index contributed by atoms with van der Waals surface area (Å²) in [6.45, 7) is 0.563. The van der Waals surface area contributed by atoms with Crippen molar-refractivity contribution in [3.63, 3.8) is 0 Å². The lowest BCUT2D eigenvalue weighted by molar-refractivity contribution is 0.381. The summed E-state index contributed by atoms with van der Waals surface area (Å²) in [5.41, 5.74) is 5.41. The Hall–Kier alpha value is -1.03. The van der Waals surface area contributed by atoms with Gasteiger partial charge in [0.2, 0.25) is 0 Å². The van der Waals surface area contributed by atoms with Crippen LogP contribution in [0.15, 0.2) is 4.42 Å². The van der Waals surface area contributed by atoms with E-state index in [4.69, 9.17) is 14.9 Å². The quantitative estimate of drug-likeness (QED) is 0.756. The second-order valence-corrected chi connectivity index (χ2v) is 3.29. The second kappa shape index (κ2) is 3.38. The molecule has 0 saturated heterocycles. The Labute approximate surface area is 77.1 Å². The van der Waals surface area contributed by atoms with E-state index in [1.165, 1.54) is 12.8 Å². The van der Waals surface area contributed by atoms with Gasteiger partial charge in [-0.25, -0.2) is 0 Å². The summed E-state index contributed by atoms with van der Waals surface area (Å²) in [5.74, 6) is 2.78. The minimum Gasteiger partial charge on any atom is -0.479 e. The molecule has 4 heteroatoms. The Balaban J connectivity index is 2.20. The lowest BCUT2D eigenvalue weighted by Gasteiger charge is -1.93. The van der Waals surface area contributed by atoms with Crippen LogP contribution in [0, 0.1) is 0 Å². The van der Waals surface area contributed by atoms with Gasteiger partial charge in [0.15, 0.2) is 11.7 Å². The van der Waals surface area contributed by atoms with Crippen LogP contribution in [0.5, 0.6) is 5.88 Å². The SMILES string of the molecule is COc1nc(CCN)oc1C1CC1. The first kappa shape index (κ1) is 8.56. The normalized spacial score (nSPS) is 16.2. The summed E-state index contributed by atoms with van der Waals surface area (Å²) < 4.78 is 10.7. The molecule has 2 N–H and O–H groups in total. The van der Waals surface area contributed by atoms with Crippen LogP contribution in [0.1, 0.15) is 30.4 Å². The van der Waals surface area contributed by atoms with Gasteiger partial charge in [0.05, 0.1) is 7.11 Å². The van der Waals surface area contributed by atoms with E-state index in [2.05, 4.69) is 4.98 Å². The van der Waals surface area contributed by atoms with E-state index in [0.29, 0.717) is 30.7 Å². The molecule has 0 spiro atoms. The van der Waals surface area contributed by atoms with Gasteiger partial charge in [-0.3, -0.25) is 0 Å². The Bertz CT molecular complexity index is 292. The molecule has 0 radical (unpaired) electrons. The topological polar surface area (TPSA) is 61.3 Å². The molecule has 1 fully saturated rings. The first-order chi connectivity index (χ1) is 6.35. The molecule has 72 valence electrons. The van der Waals surface area contributed by atoms with Crippen LogP contribution in [0.25, 0.3) is 0 Å². The predicted octanol–water partition coefficient (Wildman–Crippen LogP) is 1.06. The monoisotopic (exact) mass is 182 g/mol. The van der Waals surface area contributed by atoms with E-state index in [0.717, 1.165) is 5.76 Å². The number of nitrogens with two attached hydrogens (primary N) is 1. The molecule has 4 nitrogen and oxygen atoms in total. The third kappa shape index (κ3) is 1.67. The van der Waals surface area contributed by atoms with Crippen molar-refractivity contribution < 1.29 is 9.15 Å². The maximum atomic E-state index is 5.55. The summed E-state index contributed by atoms with van der Waals surface area (Å²) in [6, 6.07) is 0. The summed E-state index contributed by atoms with van der Waals surface area (Å²) in [6.07, 6.45) is 3.06. The van der Waals surface area contributed by atoms with Crippen molar-refractivity contribution in [2.24, 2.45) is 5.73 Å². The average molecular weight is 182 g/mol. The summed E-state index contributed by atoms with van der Waals surface area (Å²) >= 11 is 0. The number of ether oxygens (including phenoxy) is 1. The Kier molecular flexibility index (Phi) is 2.22. The molecule has 0 atom stereocenters. The second-order valence-electron chi connectivity index (χ2n) is 3.29. The minimum absolute atomic E-state index is 0.536. The Morgan fingerprint density at radius 3 is 2.92 bits per heavy atom. The number of aromatic nitrogens is 1. The smallest absolute Gasteiger partial charge is 0.256 e. The zero-order chi connectivity index (χ0) is 9.26. The molecule has 0 amide bonds. The highest BCUT2D eigenvalue weighted by atomic mass is 16.5. The minimum atomic E-state index is 0.536. The van der Waals surface area contributed by atoms with E-state index < -0.39 is 0 Å². The standard InChI is InChI=1S/C9H14N2O2/c1-12-9-8(6-2-3-6)13-7(11-9)4-5-10/h6H,2-5,10H2,1H3. The zero-order valence-corrected chi connectivity index (χ0v) is 7.75. The van der Waals surface area contributed by atoms with Gasteiger partial charge in [-0.1, -0.05) is 0 Å². The van der Waals surface area contributed by atoms with Crippen molar-refractivity contribution in [2.75, 3.05) is 13.7 Å². The maximum absolute atomic E-state index is 5.55. The number of methoxy groups -OCH3 is 1. The van der Waals surface area contributed by atoms with E-state index in [1.807, 2.05) is 0 Å². The van der Waals surface area contributed by atoms with Crippen LogP contribution >= 0.6 is 0 Å². The molecular weight excluding hydrogens is 168 g/mol. The summed E-state index contributed by atoms with van der Waals surface area (Å²) in [4.78, 5) is 4.21.